The minimum absolute atomic E-state index is 0.0223. The second kappa shape index (κ2) is 6.03. The number of aromatic carboxylic acids is 1. The second-order valence-corrected chi connectivity index (χ2v) is 5.66. The average molecular weight is 292 g/mol. The van der Waals surface area contributed by atoms with Crippen LogP contribution in [0.3, 0.4) is 0 Å². The van der Waals surface area contributed by atoms with E-state index in [4.69, 9.17) is 5.11 Å². The molecule has 6 heteroatoms. The fourth-order valence-corrected chi connectivity index (χ4v) is 2.41. The van der Waals surface area contributed by atoms with E-state index >= 15 is 0 Å². The van der Waals surface area contributed by atoms with Crippen LogP contribution in [0.1, 0.15) is 30.6 Å². The fraction of sp³-hybridized carbons (Fsp3) is 0.467. The molecule has 0 spiro atoms. The molecule has 2 atom stereocenters. The molecule has 0 aliphatic carbocycles. The van der Waals surface area contributed by atoms with Crippen LogP contribution < -0.4 is 5.32 Å². The molecule has 2 unspecified atom stereocenters. The lowest BCUT2D eigenvalue weighted by Crippen LogP contribution is -2.44. The number of anilines is 1. The number of likely N-dealkylation sites (tertiary alicyclic amines) is 1. The Kier molecular flexibility index (Phi) is 4.35. The highest BCUT2D eigenvalue weighted by Gasteiger charge is 2.26. The molecular weight excluding hydrogens is 272 g/mol. The highest BCUT2D eigenvalue weighted by atomic mass is 16.4. The van der Waals surface area contributed by atoms with Crippen molar-refractivity contribution in [1.29, 1.82) is 0 Å². The smallest absolute Gasteiger partial charge is 0.335 e. The van der Waals surface area contributed by atoms with Gasteiger partial charge < -0.3 is 20.4 Å². The molecule has 1 saturated heterocycles. The number of aromatic hydroxyl groups is 1. The number of carboxylic acids is 1. The Morgan fingerprint density at radius 3 is 2.57 bits per heavy atom. The van der Waals surface area contributed by atoms with Gasteiger partial charge in [-0.2, -0.15) is 0 Å². The lowest BCUT2D eigenvalue weighted by molar-refractivity contribution is 0.0696. The Morgan fingerprint density at radius 1 is 1.29 bits per heavy atom. The highest BCUT2D eigenvalue weighted by Crippen LogP contribution is 2.26. The van der Waals surface area contributed by atoms with E-state index in [0.717, 1.165) is 12.5 Å². The summed E-state index contributed by atoms with van der Waals surface area (Å²) in [5.41, 5.74) is 0.196. The molecule has 0 saturated carbocycles. The molecule has 0 aromatic heterocycles. The van der Waals surface area contributed by atoms with Crippen LogP contribution in [-0.2, 0) is 0 Å². The number of nitrogens with one attached hydrogen (secondary N) is 1. The molecule has 1 heterocycles. The van der Waals surface area contributed by atoms with Gasteiger partial charge in [-0.25, -0.2) is 9.59 Å². The number of phenols is 1. The lowest BCUT2D eigenvalue weighted by atomic mass is 9.89. The Morgan fingerprint density at radius 2 is 2.00 bits per heavy atom. The quantitative estimate of drug-likeness (QED) is 0.731. The summed E-state index contributed by atoms with van der Waals surface area (Å²) in [5.74, 6) is -0.339. The van der Waals surface area contributed by atoms with Crippen molar-refractivity contribution in [1.82, 2.24) is 4.90 Å². The number of urea groups is 1. The normalized spacial score (nSPS) is 21.9. The number of piperidine rings is 1. The van der Waals surface area contributed by atoms with E-state index in [0.29, 0.717) is 24.9 Å². The molecule has 2 amide bonds. The minimum Gasteiger partial charge on any atom is -0.506 e. The first-order valence-electron chi connectivity index (χ1n) is 7.00. The molecule has 3 N–H and O–H groups in total. The minimum atomic E-state index is -1.12. The summed E-state index contributed by atoms with van der Waals surface area (Å²) < 4.78 is 0. The molecular formula is C15H20N2O4. The third-order valence-corrected chi connectivity index (χ3v) is 4.11. The van der Waals surface area contributed by atoms with Gasteiger partial charge in [-0.1, -0.05) is 13.8 Å². The van der Waals surface area contributed by atoms with Gasteiger partial charge in [-0.05, 0) is 36.5 Å². The van der Waals surface area contributed by atoms with E-state index in [-0.39, 0.29) is 23.0 Å². The molecule has 0 bridgehead atoms. The Labute approximate surface area is 123 Å². The summed E-state index contributed by atoms with van der Waals surface area (Å²) in [6.45, 7) is 5.66. The largest absolute Gasteiger partial charge is 0.506 e. The van der Waals surface area contributed by atoms with Gasteiger partial charge in [0, 0.05) is 13.1 Å². The molecule has 1 aliphatic rings. The van der Waals surface area contributed by atoms with Crippen LogP contribution in [0.2, 0.25) is 0 Å². The summed E-state index contributed by atoms with van der Waals surface area (Å²) in [6.07, 6.45) is 0.957. The molecule has 2 rings (SSSR count). The van der Waals surface area contributed by atoms with E-state index in [1.807, 2.05) is 0 Å². The predicted molar refractivity (Wildman–Crippen MR) is 78.6 cm³/mol. The van der Waals surface area contributed by atoms with Crippen LogP contribution in [0, 0.1) is 11.8 Å². The molecule has 1 aliphatic heterocycles. The Bertz CT molecular complexity index is 559. The van der Waals surface area contributed by atoms with Crippen LogP contribution in [-0.4, -0.2) is 40.2 Å². The number of nitrogens with zero attached hydrogens (tertiary/aromatic N) is 1. The van der Waals surface area contributed by atoms with Gasteiger partial charge in [0.15, 0.2) is 0 Å². The summed E-state index contributed by atoms with van der Waals surface area (Å²) in [5, 5.41) is 21.2. The standard InChI is InChI=1S/C15H20N2O4/c1-9-5-6-17(8-10(9)2)15(21)16-12-4-3-11(14(19)20)7-13(12)18/h3-4,7,9-10,18H,5-6,8H2,1-2H3,(H,16,21)(H,19,20). The Hall–Kier alpha value is -2.24. The van der Waals surface area contributed by atoms with Gasteiger partial charge in [-0.3, -0.25) is 0 Å². The van der Waals surface area contributed by atoms with Crippen LogP contribution in [0.5, 0.6) is 5.75 Å². The molecule has 1 aromatic carbocycles. The van der Waals surface area contributed by atoms with E-state index in [1.54, 1.807) is 4.90 Å². The van der Waals surface area contributed by atoms with Gasteiger partial charge in [0.25, 0.3) is 0 Å². The zero-order valence-electron chi connectivity index (χ0n) is 12.2. The Balaban J connectivity index is 2.04. The van der Waals surface area contributed by atoms with E-state index < -0.39 is 5.97 Å². The monoisotopic (exact) mass is 292 g/mol. The number of rotatable bonds is 2. The van der Waals surface area contributed by atoms with Gasteiger partial charge in [0.2, 0.25) is 0 Å². The van der Waals surface area contributed by atoms with Crippen LogP contribution in [0.4, 0.5) is 10.5 Å². The third-order valence-electron chi connectivity index (χ3n) is 4.11. The van der Waals surface area contributed by atoms with Gasteiger partial charge >= 0.3 is 12.0 Å². The zero-order chi connectivity index (χ0) is 15.6. The molecule has 1 aromatic rings. The summed E-state index contributed by atoms with van der Waals surface area (Å²) in [7, 11) is 0. The van der Waals surface area contributed by atoms with Gasteiger partial charge in [0.1, 0.15) is 5.75 Å². The van der Waals surface area contributed by atoms with Crippen LogP contribution in [0.15, 0.2) is 18.2 Å². The maximum Gasteiger partial charge on any atom is 0.335 e. The molecule has 21 heavy (non-hydrogen) atoms. The summed E-state index contributed by atoms with van der Waals surface area (Å²) in [6, 6.07) is 3.59. The first-order chi connectivity index (χ1) is 9.88. The summed E-state index contributed by atoms with van der Waals surface area (Å²) >= 11 is 0. The van der Waals surface area contributed by atoms with Gasteiger partial charge in [0.05, 0.1) is 11.3 Å². The maximum atomic E-state index is 12.2. The topological polar surface area (TPSA) is 89.9 Å². The SMILES string of the molecule is CC1CCN(C(=O)Nc2ccc(C(=O)O)cc2O)CC1C. The fourth-order valence-electron chi connectivity index (χ4n) is 2.41. The predicted octanol–water partition coefficient (Wildman–Crippen LogP) is 2.60. The first kappa shape index (κ1) is 15.2. The average Bonchev–Trinajstić information content (AvgIpc) is 2.43. The number of amides is 2. The molecule has 114 valence electrons. The van der Waals surface area contributed by atoms with Crippen molar-refractivity contribution >= 4 is 17.7 Å². The van der Waals surface area contributed by atoms with E-state index in [9.17, 15) is 14.7 Å². The van der Waals surface area contributed by atoms with Crippen molar-refractivity contribution in [3.8, 4) is 5.75 Å². The highest BCUT2D eigenvalue weighted by molar-refractivity contribution is 5.93. The molecule has 1 fully saturated rings. The van der Waals surface area contributed by atoms with Crippen molar-refractivity contribution in [3.05, 3.63) is 23.8 Å². The number of benzene rings is 1. The number of hydrogen-bond acceptors (Lipinski definition) is 3. The molecule has 0 radical (unpaired) electrons. The number of hydrogen-bond donors (Lipinski definition) is 3. The number of carbonyl (C=O) groups excluding carboxylic acids is 1. The van der Waals surface area contributed by atoms with Crippen molar-refractivity contribution < 1.29 is 19.8 Å². The summed E-state index contributed by atoms with van der Waals surface area (Å²) in [4.78, 5) is 24.7. The zero-order valence-corrected chi connectivity index (χ0v) is 12.2. The molecule has 6 nitrogen and oxygen atoms in total. The van der Waals surface area contributed by atoms with Crippen molar-refractivity contribution in [3.63, 3.8) is 0 Å². The van der Waals surface area contributed by atoms with Crippen molar-refractivity contribution in [2.24, 2.45) is 11.8 Å². The van der Waals surface area contributed by atoms with Gasteiger partial charge in [-0.15, -0.1) is 0 Å². The second-order valence-electron chi connectivity index (χ2n) is 5.66. The lowest BCUT2D eigenvalue weighted by Gasteiger charge is -2.35. The first-order valence-corrected chi connectivity index (χ1v) is 7.00. The maximum absolute atomic E-state index is 12.2. The number of carbonyl (C=O) groups is 2. The van der Waals surface area contributed by atoms with Crippen LogP contribution >= 0.6 is 0 Å². The van der Waals surface area contributed by atoms with E-state index in [2.05, 4.69) is 19.2 Å². The number of carboxylic acid groups (broad SMARTS) is 1. The number of phenolic OH excluding ortho intramolecular Hbond substituents is 1. The van der Waals surface area contributed by atoms with Crippen molar-refractivity contribution in [2.75, 3.05) is 18.4 Å². The van der Waals surface area contributed by atoms with E-state index in [1.165, 1.54) is 12.1 Å². The van der Waals surface area contributed by atoms with Crippen LogP contribution in [0.25, 0.3) is 0 Å². The third kappa shape index (κ3) is 3.45. The van der Waals surface area contributed by atoms with Crippen molar-refractivity contribution in [2.45, 2.75) is 20.3 Å².